The number of carbonyl (C=O) groups is 2. The van der Waals surface area contributed by atoms with E-state index in [-0.39, 0.29) is 24.3 Å². The minimum absolute atomic E-state index is 0.168. The number of aryl methyl sites for hydroxylation is 2. The summed E-state index contributed by atoms with van der Waals surface area (Å²) in [6.45, 7) is 5.59. The molecule has 2 rings (SSSR count). The molecule has 0 heterocycles. The van der Waals surface area contributed by atoms with Gasteiger partial charge in [-0.3, -0.25) is 9.59 Å². The summed E-state index contributed by atoms with van der Waals surface area (Å²) in [5.74, 6) is -0.594. The van der Waals surface area contributed by atoms with E-state index in [9.17, 15) is 9.59 Å². The van der Waals surface area contributed by atoms with E-state index in [1.54, 1.807) is 12.1 Å². The van der Waals surface area contributed by atoms with Crippen LogP contribution in [-0.2, 0) is 14.3 Å². The summed E-state index contributed by atoms with van der Waals surface area (Å²) in [5, 5.41) is 3.40. The molecule has 1 amide bonds. The lowest BCUT2D eigenvalue weighted by Crippen LogP contribution is -2.31. The first-order chi connectivity index (χ1) is 12.3. The summed E-state index contributed by atoms with van der Waals surface area (Å²) in [6.07, 6.45) is 0. The van der Waals surface area contributed by atoms with Crippen molar-refractivity contribution in [1.29, 1.82) is 0 Å². The molecule has 1 atom stereocenters. The lowest BCUT2D eigenvalue weighted by Gasteiger charge is -2.14. The molecule has 0 bridgehead atoms. The van der Waals surface area contributed by atoms with Crippen LogP contribution in [0.2, 0.25) is 5.02 Å². The first kappa shape index (κ1) is 20.3. The van der Waals surface area contributed by atoms with Crippen LogP contribution in [0.4, 0.5) is 0 Å². The summed E-state index contributed by atoms with van der Waals surface area (Å²) >= 11 is 7.36. The van der Waals surface area contributed by atoms with Gasteiger partial charge in [-0.2, -0.15) is 0 Å². The molecule has 0 unspecified atom stereocenters. The third-order valence-electron chi connectivity index (χ3n) is 3.77. The molecule has 0 saturated carbocycles. The predicted octanol–water partition coefficient (Wildman–Crippen LogP) is 4.47. The molecule has 0 saturated heterocycles. The number of carbonyl (C=O) groups excluding carboxylic acids is 2. The van der Waals surface area contributed by atoms with Crippen molar-refractivity contribution >= 4 is 35.2 Å². The Morgan fingerprint density at radius 1 is 1.19 bits per heavy atom. The monoisotopic (exact) mass is 391 g/mol. The third-order valence-corrected chi connectivity index (χ3v) is 5.15. The van der Waals surface area contributed by atoms with Crippen LogP contribution in [0, 0.1) is 13.8 Å². The van der Waals surface area contributed by atoms with E-state index in [0.717, 1.165) is 16.0 Å². The largest absolute Gasteiger partial charge is 0.455 e. The van der Waals surface area contributed by atoms with Crippen LogP contribution in [0.15, 0.2) is 47.4 Å². The van der Waals surface area contributed by atoms with Gasteiger partial charge < -0.3 is 10.1 Å². The Labute approximate surface area is 163 Å². The van der Waals surface area contributed by atoms with Gasteiger partial charge in [0.05, 0.1) is 11.8 Å². The second-order valence-electron chi connectivity index (χ2n) is 6.06. The fourth-order valence-corrected chi connectivity index (χ4v) is 3.43. The number of amides is 1. The fourth-order valence-electron chi connectivity index (χ4n) is 2.43. The van der Waals surface area contributed by atoms with Gasteiger partial charge in [0.1, 0.15) is 0 Å². The second-order valence-corrected chi connectivity index (χ2v) is 7.52. The van der Waals surface area contributed by atoms with Crippen molar-refractivity contribution in [3.63, 3.8) is 0 Å². The van der Waals surface area contributed by atoms with Gasteiger partial charge in [0, 0.05) is 9.92 Å². The first-order valence-electron chi connectivity index (χ1n) is 8.25. The summed E-state index contributed by atoms with van der Waals surface area (Å²) in [7, 11) is 0. The Morgan fingerprint density at radius 2 is 1.96 bits per heavy atom. The number of rotatable bonds is 7. The van der Waals surface area contributed by atoms with E-state index in [2.05, 4.69) is 11.4 Å². The van der Waals surface area contributed by atoms with Gasteiger partial charge in [-0.15, -0.1) is 11.8 Å². The molecule has 0 aliphatic heterocycles. The van der Waals surface area contributed by atoms with Crippen LogP contribution in [-0.4, -0.2) is 24.2 Å². The van der Waals surface area contributed by atoms with Crippen molar-refractivity contribution in [2.45, 2.75) is 31.7 Å². The Bertz CT molecular complexity index is 794. The Kier molecular flexibility index (Phi) is 7.54. The predicted molar refractivity (Wildman–Crippen MR) is 106 cm³/mol. The summed E-state index contributed by atoms with van der Waals surface area (Å²) in [4.78, 5) is 24.8. The van der Waals surface area contributed by atoms with Gasteiger partial charge >= 0.3 is 5.97 Å². The zero-order valence-electron chi connectivity index (χ0n) is 15.0. The van der Waals surface area contributed by atoms with E-state index in [0.29, 0.717) is 5.02 Å². The lowest BCUT2D eigenvalue weighted by atomic mass is 10.1. The Balaban J connectivity index is 1.75. The minimum Gasteiger partial charge on any atom is -0.455 e. The maximum atomic E-state index is 12.0. The average molecular weight is 392 g/mol. The molecule has 0 aliphatic rings. The highest BCUT2D eigenvalue weighted by atomic mass is 35.5. The highest BCUT2D eigenvalue weighted by Crippen LogP contribution is 2.23. The van der Waals surface area contributed by atoms with Crippen molar-refractivity contribution in [3.8, 4) is 0 Å². The highest BCUT2D eigenvalue weighted by Gasteiger charge is 2.13. The molecule has 4 nitrogen and oxygen atoms in total. The molecule has 138 valence electrons. The standard InChI is InChI=1S/C20H22ClNO3S/c1-13-7-8-18(14(2)9-13)26-12-20(24)25-11-19(23)22-15(3)16-5-4-6-17(21)10-16/h4-10,15H,11-12H2,1-3H3,(H,22,23)/t15-/m1/s1. The molecular formula is C20H22ClNO3S. The van der Waals surface area contributed by atoms with E-state index in [1.165, 1.54) is 17.3 Å². The number of benzene rings is 2. The molecule has 2 aromatic carbocycles. The number of thioether (sulfide) groups is 1. The number of ether oxygens (including phenoxy) is 1. The minimum atomic E-state index is -0.416. The van der Waals surface area contributed by atoms with Crippen LogP contribution >= 0.6 is 23.4 Å². The van der Waals surface area contributed by atoms with E-state index >= 15 is 0 Å². The van der Waals surface area contributed by atoms with Crippen molar-refractivity contribution in [2.75, 3.05) is 12.4 Å². The fraction of sp³-hybridized carbons (Fsp3) is 0.300. The molecule has 0 spiro atoms. The molecular weight excluding hydrogens is 370 g/mol. The maximum Gasteiger partial charge on any atom is 0.316 e. The van der Waals surface area contributed by atoms with Crippen molar-refractivity contribution < 1.29 is 14.3 Å². The quantitative estimate of drug-likeness (QED) is 0.558. The SMILES string of the molecule is Cc1ccc(SCC(=O)OCC(=O)N[C@H](C)c2cccc(Cl)c2)c(C)c1. The van der Waals surface area contributed by atoms with Gasteiger partial charge in [-0.05, 0) is 50.1 Å². The van der Waals surface area contributed by atoms with E-state index in [1.807, 2.05) is 45.0 Å². The summed E-state index contributed by atoms with van der Waals surface area (Å²) in [5.41, 5.74) is 3.19. The topological polar surface area (TPSA) is 55.4 Å². The van der Waals surface area contributed by atoms with Gasteiger partial charge in [-0.1, -0.05) is 41.4 Å². The molecule has 0 fully saturated rings. The van der Waals surface area contributed by atoms with Gasteiger partial charge in [0.25, 0.3) is 5.91 Å². The highest BCUT2D eigenvalue weighted by molar-refractivity contribution is 8.00. The number of hydrogen-bond acceptors (Lipinski definition) is 4. The second kappa shape index (κ2) is 9.64. The average Bonchev–Trinajstić information content (AvgIpc) is 2.59. The molecule has 0 radical (unpaired) electrons. The normalized spacial score (nSPS) is 11.7. The molecule has 0 aromatic heterocycles. The molecule has 1 N–H and O–H groups in total. The molecule has 26 heavy (non-hydrogen) atoms. The van der Waals surface area contributed by atoms with Crippen LogP contribution < -0.4 is 5.32 Å². The van der Waals surface area contributed by atoms with Crippen LogP contribution in [0.3, 0.4) is 0 Å². The van der Waals surface area contributed by atoms with E-state index in [4.69, 9.17) is 16.3 Å². The Morgan fingerprint density at radius 3 is 2.65 bits per heavy atom. The van der Waals surface area contributed by atoms with Gasteiger partial charge in [0.2, 0.25) is 0 Å². The molecule has 0 aliphatic carbocycles. The number of esters is 1. The number of halogens is 1. The van der Waals surface area contributed by atoms with Gasteiger partial charge in [0.15, 0.2) is 6.61 Å². The van der Waals surface area contributed by atoms with Crippen molar-refractivity contribution in [2.24, 2.45) is 0 Å². The first-order valence-corrected chi connectivity index (χ1v) is 9.62. The van der Waals surface area contributed by atoms with Gasteiger partial charge in [-0.25, -0.2) is 0 Å². The van der Waals surface area contributed by atoms with Crippen LogP contribution in [0.25, 0.3) is 0 Å². The number of nitrogens with one attached hydrogen (secondary N) is 1. The molecule has 2 aromatic rings. The Hall–Kier alpha value is -1.98. The summed E-state index contributed by atoms with van der Waals surface area (Å²) in [6, 6.07) is 13.1. The zero-order chi connectivity index (χ0) is 19.1. The smallest absolute Gasteiger partial charge is 0.316 e. The zero-order valence-corrected chi connectivity index (χ0v) is 16.6. The maximum absolute atomic E-state index is 12.0. The third kappa shape index (κ3) is 6.39. The molecule has 6 heteroatoms. The van der Waals surface area contributed by atoms with Crippen LogP contribution in [0.5, 0.6) is 0 Å². The summed E-state index contributed by atoms with van der Waals surface area (Å²) < 4.78 is 5.05. The van der Waals surface area contributed by atoms with Crippen LogP contribution in [0.1, 0.15) is 29.7 Å². The number of hydrogen-bond donors (Lipinski definition) is 1. The van der Waals surface area contributed by atoms with Crippen molar-refractivity contribution in [3.05, 3.63) is 64.2 Å². The van der Waals surface area contributed by atoms with Crippen molar-refractivity contribution in [1.82, 2.24) is 5.32 Å². The lowest BCUT2D eigenvalue weighted by molar-refractivity contribution is -0.146. The van der Waals surface area contributed by atoms with E-state index < -0.39 is 5.97 Å².